The summed E-state index contributed by atoms with van der Waals surface area (Å²) in [7, 11) is 0. The Kier molecular flexibility index (Phi) is 7.84. The number of urea groups is 1. The average Bonchev–Trinajstić information content (AvgIpc) is 2.85. The topological polar surface area (TPSA) is 67.2 Å². The summed E-state index contributed by atoms with van der Waals surface area (Å²) in [5.74, 6) is 0.195. The second-order valence-corrected chi connectivity index (χ2v) is 9.93. The molecule has 3 aromatic carbocycles. The third-order valence-corrected chi connectivity index (χ3v) is 6.34. The van der Waals surface area contributed by atoms with Crippen LogP contribution in [0, 0.1) is 11.7 Å². The van der Waals surface area contributed by atoms with Crippen molar-refractivity contribution >= 4 is 38.6 Å². The third kappa shape index (κ3) is 5.49. The first kappa shape index (κ1) is 25.6. The van der Waals surface area contributed by atoms with Crippen LogP contribution in [0.4, 0.5) is 14.9 Å². The van der Waals surface area contributed by atoms with Crippen molar-refractivity contribution in [2.24, 2.45) is 5.92 Å². The Labute approximate surface area is 217 Å². The Bertz CT molecular complexity index is 1440. The van der Waals surface area contributed by atoms with Gasteiger partial charge in [-0.3, -0.25) is 9.36 Å². The van der Waals surface area contributed by atoms with Crippen molar-refractivity contribution in [2.75, 3.05) is 11.9 Å². The quantitative estimate of drug-likeness (QED) is 0.271. The number of fused-ring (bicyclic) bond motifs is 1. The highest BCUT2D eigenvalue weighted by Gasteiger charge is 2.30. The summed E-state index contributed by atoms with van der Waals surface area (Å²) >= 11 is 3.44. The predicted octanol–water partition coefficient (Wildman–Crippen LogP) is 6.93. The number of carbonyl (C=O) groups is 1. The molecule has 6 nitrogen and oxygen atoms in total. The minimum atomic E-state index is -0.512. The predicted molar refractivity (Wildman–Crippen MR) is 145 cm³/mol. The van der Waals surface area contributed by atoms with Gasteiger partial charge in [0.2, 0.25) is 0 Å². The Morgan fingerprint density at radius 2 is 1.81 bits per heavy atom. The van der Waals surface area contributed by atoms with E-state index < -0.39 is 11.9 Å². The monoisotopic (exact) mass is 550 g/mol. The minimum Gasteiger partial charge on any atom is -0.314 e. The lowest BCUT2D eigenvalue weighted by Gasteiger charge is -2.33. The smallest absolute Gasteiger partial charge is 0.314 e. The van der Waals surface area contributed by atoms with Crippen LogP contribution in [0.15, 0.2) is 82.1 Å². The number of benzene rings is 3. The molecule has 0 radical (unpaired) electrons. The molecule has 0 aliphatic carbocycles. The van der Waals surface area contributed by atoms with Gasteiger partial charge in [-0.05, 0) is 66.9 Å². The first-order chi connectivity index (χ1) is 17.3. The van der Waals surface area contributed by atoms with E-state index in [1.54, 1.807) is 35.2 Å². The Morgan fingerprint density at radius 1 is 1.08 bits per heavy atom. The molecule has 0 saturated heterocycles. The molecule has 0 spiro atoms. The molecule has 1 unspecified atom stereocenters. The Morgan fingerprint density at radius 3 is 2.47 bits per heavy atom. The summed E-state index contributed by atoms with van der Waals surface area (Å²) in [6.45, 7) is 6.48. The number of hydrogen-bond donors (Lipinski definition) is 1. The molecule has 8 heteroatoms. The maximum atomic E-state index is 13.7. The molecular formula is C28H28BrFN4O2. The number of carbonyl (C=O) groups excluding carboxylic acids is 1. The number of hydrogen-bond acceptors (Lipinski definition) is 3. The van der Waals surface area contributed by atoms with Crippen molar-refractivity contribution in [1.29, 1.82) is 0 Å². The summed E-state index contributed by atoms with van der Waals surface area (Å²) in [5.41, 5.74) is 1.43. The fraction of sp³-hybridized carbons (Fsp3) is 0.250. The van der Waals surface area contributed by atoms with Gasteiger partial charge >= 0.3 is 6.03 Å². The van der Waals surface area contributed by atoms with Gasteiger partial charge in [-0.25, -0.2) is 14.2 Å². The fourth-order valence-corrected chi connectivity index (χ4v) is 4.66. The lowest BCUT2D eigenvalue weighted by Crippen LogP contribution is -2.42. The van der Waals surface area contributed by atoms with Crippen LogP contribution < -0.4 is 10.9 Å². The maximum Gasteiger partial charge on any atom is 0.322 e. The number of rotatable bonds is 7. The van der Waals surface area contributed by atoms with E-state index in [0.29, 0.717) is 41.1 Å². The van der Waals surface area contributed by atoms with E-state index in [0.717, 1.165) is 4.47 Å². The van der Waals surface area contributed by atoms with Crippen LogP contribution in [0.3, 0.4) is 0 Å². The van der Waals surface area contributed by atoms with Crippen LogP contribution >= 0.6 is 15.9 Å². The number of halogens is 2. The number of amides is 2. The number of nitrogens with zero attached hydrogens (tertiary/aromatic N) is 3. The zero-order chi connectivity index (χ0) is 25.8. The highest BCUT2D eigenvalue weighted by atomic mass is 79.9. The van der Waals surface area contributed by atoms with Crippen molar-refractivity contribution in [3.05, 3.63) is 99.3 Å². The molecule has 36 heavy (non-hydrogen) atoms. The summed E-state index contributed by atoms with van der Waals surface area (Å²) in [6.07, 6.45) is 0.518. The zero-order valence-corrected chi connectivity index (χ0v) is 22.0. The molecule has 0 aliphatic heterocycles. The van der Waals surface area contributed by atoms with Crippen LogP contribution in [-0.2, 0) is 0 Å². The lowest BCUT2D eigenvalue weighted by molar-refractivity contribution is 0.171. The van der Waals surface area contributed by atoms with Gasteiger partial charge in [0.15, 0.2) is 0 Å². The van der Waals surface area contributed by atoms with E-state index in [9.17, 15) is 14.0 Å². The molecule has 4 aromatic rings. The summed E-state index contributed by atoms with van der Waals surface area (Å²) in [5, 5.41) is 3.44. The minimum absolute atomic E-state index is 0.166. The number of nitrogens with one attached hydrogen (secondary N) is 1. The molecule has 1 atom stereocenters. The average molecular weight is 551 g/mol. The zero-order valence-electron chi connectivity index (χ0n) is 20.4. The van der Waals surface area contributed by atoms with Gasteiger partial charge < -0.3 is 10.2 Å². The van der Waals surface area contributed by atoms with E-state index in [4.69, 9.17) is 4.98 Å². The van der Waals surface area contributed by atoms with Crippen molar-refractivity contribution in [3.63, 3.8) is 0 Å². The molecule has 0 bridgehead atoms. The van der Waals surface area contributed by atoms with Crippen molar-refractivity contribution < 1.29 is 9.18 Å². The van der Waals surface area contributed by atoms with Gasteiger partial charge in [0.05, 0.1) is 22.6 Å². The van der Waals surface area contributed by atoms with Gasteiger partial charge in [-0.2, -0.15) is 0 Å². The standard InChI is InChI=1S/C28H28BrFN4O2/c1-4-25(33(17-18(2)3)28(36)31-21-9-7-8-19(29)16-21)26-32-24-11-6-5-10-23(24)27(35)34(26)22-14-12-20(30)13-15-22/h5-16,18,25H,4,17H2,1-3H3,(H,31,36). The molecule has 0 fully saturated rings. The van der Waals surface area contributed by atoms with E-state index in [1.165, 1.54) is 16.7 Å². The molecule has 2 amide bonds. The highest BCUT2D eigenvalue weighted by Crippen LogP contribution is 2.28. The fourth-order valence-electron chi connectivity index (χ4n) is 4.26. The van der Waals surface area contributed by atoms with Crippen LogP contribution in [0.25, 0.3) is 16.6 Å². The van der Waals surface area contributed by atoms with Gasteiger partial charge in [-0.15, -0.1) is 0 Å². The van der Waals surface area contributed by atoms with Gasteiger partial charge in [-0.1, -0.05) is 54.9 Å². The van der Waals surface area contributed by atoms with Crippen molar-refractivity contribution in [2.45, 2.75) is 33.2 Å². The SMILES string of the molecule is CCC(c1nc2ccccc2c(=O)n1-c1ccc(F)cc1)N(CC(C)C)C(=O)Nc1cccc(Br)c1. The van der Waals surface area contributed by atoms with E-state index in [-0.39, 0.29) is 17.5 Å². The molecule has 1 heterocycles. The van der Waals surface area contributed by atoms with E-state index in [2.05, 4.69) is 21.2 Å². The number of aromatic nitrogens is 2. The Hall–Kier alpha value is -3.52. The molecule has 4 rings (SSSR count). The van der Waals surface area contributed by atoms with Crippen LogP contribution in [-0.4, -0.2) is 27.0 Å². The van der Waals surface area contributed by atoms with Crippen molar-refractivity contribution in [1.82, 2.24) is 14.5 Å². The molecular weight excluding hydrogens is 523 g/mol. The first-order valence-electron chi connectivity index (χ1n) is 11.9. The molecule has 1 N–H and O–H groups in total. The highest BCUT2D eigenvalue weighted by molar-refractivity contribution is 9.10. The third-order valence-electron chi connectivity index (χ3n) is 5.85. The van der Waals surface area contributed by atoms with E-state index in [1.807, 2.05) is 51.1 Å². The molecule has 1 aromatic heterocycles. The van der Waals surface area contributed by atoms with E-state index >= 15 is 0 Å². The normalized spacial score (nSPS) is 12.1. The van der Waals surface area contributed by atoms with Crippen molar-refractivity contribution in [3.8, 4) is 5.69 Å². The van der Waals surface area contributed by atoms with Gasteiger partial charge in [0.25, 0.3) is 5.56 Å². The Balaban J connectivity index is 1.88. The molecule has 0 saturated carbocycles. The maximum absolute atomic E-state index is 13.7. The number of para-hydroxylation sites is 1. The largest absolute Gasteiger partial charge is 0.322 e. The molecule has 0 aliphatic rings. The summed E-state index contributed by atoms with van der Waals surface area (Å²) in [6, 6.07) is 19.4. The van der Waals surface area contributed by atoms with Crippen LogP contribution in [0.5, 0.6) is 0 Å². The van der Waals surface area contributed by atoms with Gasteiger partial charge in [0.1, 0.15) is 11.6 Å². The lowest BCUT2D eigenvalue weighted by atomic mass is 10.1. The molecule has 186 valence electrons. The van der Waals surface area contributed by atoms with Crippen LogP contribution in [0.2, 0.25) is 0 Å². The first-order valence-corrected chi connectivity index (χ1v) is 12.7. The second-order valence-electron chi connectivity index (χ2n) is 9.01. The summed E-state index contributed by atoms with van der Waals surface area (Å²) < 4.78 is 16.1. The van der Waals surface area contributed by atoms with Crippen LogP contribution in [0.1, 0.15) is 39.1 Å². The van der Waals surface area contributed by atoms with Gasteiger partial charge in [0, 0.05) is 16.7 Å². The number of anilines is 1. The second kappa shape index (κ2) is 11.0. The summed E-state index contributed by atoms with van der Waals surface area (Å²) in [4.78, 5) is 33.9.